The minimum Gasteiger partial charge on any atom is -0.496 e. The molecule has 0 spiro atoms. The minimum atomic E-state index is -0.880. The highest BCUT2D eigenvalue weighted by molar-refractivity contribution is 6.01. The summed E-state index contributed by atoms with van der Waals surface area (Å²) < 4.78 is 27.6. The molecule has 3 aliphatic rings. The van der Waals surface area contributed by atoms with Crippen LogP contribution in [-0.2, 0) is 15.9 Å². The van der Waals surface area contributed by atoms with Gasteiger partial charge in [-0.3, -0.25) is 0 Å². The summed E-state index contributed by atoms with van der Waals surface area (Å²) in [6, 6.07) is 1.75. The van der Waals surface area contributed by atoms with Crippen LogP contribution in [0.5, 0.6) is 11.5 Å². The number of benzene rings is 1. The van der Waals surface area contributed by atoms with Crippen LogP contribution in [0.3, 0.4) is 0 Å². The molecule has 3 aliphatic heterocycles. The van der Waals surface area contributed by atoms with Gasteiger partial charge in [0.05, 0.1) is 36.8 Å². The highest BCUT2D eigenvalue weighted by atomic mass is 16.7. The molecular weight excluding hydrogens is 328 g/mol. The van der Waals surface area contributed by atoms with E-state index in [1.807, 2.05) is 13.0 Å². The molecule has 7 nitrogen and oxygen atoms in total. The fourth-order valence-corrected chi connectivity index (χ4v) is 3.89. The SMILES string of the molecule is COc1cc2c(c3oc(=O)c4c(c13)CCOC4=O)[C@@H]1C=CO[C@]1(C)O2. The zero-order valence-electron chi connectivity index (χ0n) is 13.6. The Morgan fingerprint density at radius 1 is 1.32 bits per heavy atom. The maximum Gasteiger partial charge on any atom is 0.351 e. The van der Waals surface area contributed by atoms with Gasteiger partial charge in [0.1, 0.15) is 22.6 Å². The van der Waals surface area contributed by atoms with Crippen molar-refractivity contribution in [2.24, 2.45) is 0 Å². The van der Waals surface area contributed by atoms with E-state index in [1.54, 1.807) is 12.3 Å². The summed E-state index contributed by atoms with van der Waals surface area (Å²) in [4.78, 5) is 24.5. The minimum absolute atomic E-state index is 0.0584. The number of carbonyl (C=O) groups is 1. The summed E-state index contributed by atoms with van der Waals surface area (Å²) in [5.74, 6) is -0.731. The van der Waals surface area contributed by atoms with Crippen LogP contribution < -0.4 is 15.1 Å². The topological polar surface area (TPSA) is 84.2 Å². The monoisotopic (exact) mass is 342 g/mol. The van der Waals surface area contributed by atoms with Crippen molar-refractivity contribution in [2.45, 2.75) is 25.0 Å². The van der Waals surface area contributed by atoms with E-state index in [0.29, 0.717) is 34.5 Å². The molecule has 128 valence electrons. The van der Waals surface area contributed by atoms with E-state index in [0.717, 1.165) is 5.56 Å². The first-order chi connectivity index (χ1) is 12.0. The average Bonchev–Trinajstić information content (AvgIpc) is 3.07. The first-order valence-corrected chi connectivity index (χ1v) is 7.94. The molecular formula is C18H14O7. The maximum absolute atomic E-state index is 12.5. The predicted molar refractivity (Wildman–Crippen MR) is 85.0 cm³/mol. The van der Waals surface area contributed by atoms with E-state index >= 15 is 0 Å². The smallest absolute Gasteiger partial charge is 0.351 e. The lowest BCUT2D eigenvalue weighted by molar-refractivity contribution is -0.107. The first kappa shape index (κ1) is 14.4. The molecule has 0 bridgehead atoms. The molecule has 2 aromatic rings. The highest BCUT2D eigenvalue weighted by Gasteiger charge is 2.50. The normalized spacial score (nSPS) is 25.7. The number of esters is 1. The number of fused-ring (bicyclic) bond motifs is 7. The highest BCUT2D eigenvalue weighted by Crippen LogP contribution is 2.54. The van der Waals surface area contributed by atoms with E-state index < -0.39 is 17.4 Å². The molecule has 0 N–H and O–H groups in total. The van der Waals surface area contributed by atoms with Gasteiger partial charge in [-0.25, -0.2) is 9.59 Å². The number of rotatable bonds is 1. The van der Waals surface area contributed by atoms with E-state index in [1.165, 1.54) is 7.11 Å². The summed E-state index contributed by atoms with van der Waals surface area (Å²) >= 11 is 0. The van der Waals surface area contributed by atoms with Gasteiger partial charge in [0.2, 0.25) is 0 Å². The lowest BCUT2D eigenvalue weighted by Crippen LogP contribution is -2.32. The second kappa shape index (κ2) is 4.56. The lowest BCUT2D eigenvalue weighted by atomic mass is 9.90. The Morgan fingerprint density at radius 3 is 2.96 bits per heavy atom. The number of hydrogen-bond acceptors (Lipinski definition) is 7. The lowest BCUT2D eigenvalue weighted by Gasteiger charge is -2.22. The van der Waals surface area contributed by atoms with Crippen molar-refractivity contribution < 1.29 is 28.2 Å². The van der Waals surface area contributed by atoms with Crippen molar-refractivity contribution in [3.63, 3.8) is 0 Å². The number of cyclic esters (lactones) is 1. The van der Waals surface area contributed by atoms with Crippen LogP contribution in [-0.4, -0.2) is 25.5 Å². The van der Waals surface area contributed by atoms with Crippen molar-refractivity contribution >= 4 is 16.9 Å². The van der Waals surface area contributed by atoms with Gasteiger partial charge in [-0.1, -0.05) is 0 Å². The molecule has 0 saturated carbocycles. The van der Waals surface area contributed by atoms with Gasteiger partial charge in [0.15, 0.2) is 0 Å². The predicted octanol–water partition coefficient (Wildman–Crippen LogP) is 2.25. The summed E-state index contributed by atoms with van der Waals surface area (Å²) in [7, 11) is 1.52. The Bertz CT molecular complexity index is 1030. The standard InChI is InChI=1S/C18H14O7/c1-18-9(4-6-23-18)14-11(25-18)7-10(21-2)12-8-3-5-22-16(19)13(8)17(20)24-15(12)14/h4,6-7,9H,3,5H2,1-2H3/t9-,18+/m0/s1. The zero-order valence-corrected chi connectivity index (χ0v) is 13.6. The van der Waals surface area contributed by atoms with E-state index in [2.05, 4.69) is 0 Å². The summed E-state index contributed by atoms with van der Waals surface area (Å²) in [5.41, 5.74) is 0.928. The zero-order chi connectivity index (χ0) is 17.3. The fourth-order valence-electron chi connectivity index (χ4n) is 3.89. The van der Waals surface area contributed by atoms with Crippen LogP contribution >= 0.6 is 0 Å². The Labute approximate surface area is 141 Å². The van der Waals surface area contributed by atoms with E-state index in [4.69, 9.17) is 23.4 Å². The van der Waals surface area contributed by atoms with Gasteiger partial charge in [0.25, 0.3) is 5.79 Å². The number of ether oxygens (including phenoxy) is 4. The fraction of sp³-hybridized carbons (Fsp3) is 0.333. The number of methoxy groups -OCH3 is 1. The molecule has 4 heterocycles. The van der Waals surface area contributed by atoms with Gasteiger partial charge in [-0.2, -0.15) is 0 Å². The third-order valence-corrected chi connectivity index (χ3v) is 5.02. The van der Waals surface area contributed by atoms with E-state index in [9.17, 15) is 9.59 Å². The van der Waals surface area contributed by atoms with Gasteiger partial charge in [-0.15, -0.1) is 0 Å². The Hall–Kier alpha value is -2.96. The third-order valence-electron chi connectivity index (χ3n) is 5.02. The summed E-state index contributed by atoms with van der Waals surface area (Å²) in [6.07, 6.45) is 3.87. The van der Waals surface area contributed by atoms with Gasteiger partial charge < -0.3 is 23.4 Å². The quantitative estimate of drug-likeness (QED) is 0.580. The molecule has 2 atom stereocenters. The largest absolute Gasteiger partial charge is 0.496 e. The Morgan fingerprint density at radius 2 is 2.16 bits per heavy atom. The summed E-state index contributed by atoms with van der Waals surface area (Å²) in [5, 5.41) is 0.612. The van der Waals surface area contributed by atoms with Crippen LogP contribution in [0.4, 0.5) is 0 Å². The number of hydrogen-bond donors (Lipinski definition) is 0. The third kappa shape index (κ3) is 1.70. The van der Waals surface area contributed by atoms with Crippen LogP contribution in [0.2, 0.25) is 0 Å². The van der Waals surface area contributed by atoms with E-state index in [-0.39, 0.29) is 18.1 Å². The van der Waals surface area contributed by atoms with Crippen LogP contribution in [0, 0.1) is 0 Å². The van der Waals surface area contributed by atoms with Crippen molar-refractivity contribution in [1.82, 2.24) is 0 Å². The van der Waals surface area contributed by atoms with Gasteiger partial charge in [-0.05, 0) is 11.6 Å². The molecule has 0 saturated heterocycles. The molecule has 0 amide bonds. The second-order valence-corrected chi connectivity index (χ2v) is 6.37. The first-order valence-electron chi connectivity index (χ1n) is 7.94. The van der Waals surface area contributed by atoms with Crippen molar-refractivity contribution in [3.8, 4) is 11.5 Å². The van der Waals surface area contributed by atoms with Gasteiger partial charge >= 0.3 is 11.6 Å². The molecule has 0 radical (unpaired) electrons. The molecule has 5 rings (SSSR count). The van der Waals surface area contributed by atoms with Crippen molar-refractivity contribution in [3.05, 3.63) is 45.5 Å². The van der Waals surface area contributed by atoms with Gasteiger partial charge in [0, 0.05) is 19.4 Å². The van der Waals surface area contributed by atoms with Crippen LogP contribution in [0.1, 0.15) is 34.3 Å². The van der Waals surface area contributed by atoms with Crippen LogP contribution in [0.25, 0.3) is 11.0 Å². The molecule has 1 aromatic carbocycles. The molecule has 0 aliphatic carbocycles. The molecule has 0 fully saturated rings. The molecule has 7 heteroatoms. The van der Waals surface area contributed by atoms with Crippen molar-refractivity contribution in [2.75, 3.05) is 13.7 Å². The molecule has 1 aromatic heterocycles. The molecule has 25 heavy (non-hydrogen) atoms. The number of carbonyl (C=O) groups excluding carboxylic acids is 1. The Kier molecular flexibility index (Phi) is 2.63. The van der Waals surface area contributed by atoms with Crippen molar-refractivity contribution in [1.29, 1.82) is 0 Å². The molecule has 0 unspecified atom stereocenters. The summed E-state index contributed by atoms with van der Waals surface area (Å²) in [6.45, 7) is 2.04. The maximum atomic E-state index is 12.5. The average molecular weight is 342 g/mol. The Balaban J connectivity index is 1.93. The second-order valence-electron chi connectivity index (χ2n) is 6.37. The van der Waals surface area contributed by atoms with Crippen LogP contribution in [0.15, 0.2) is 27.6 Å².